The summed E-state index contributed by atoms with van der Waals surface area (Å²) < 4.78 is 0. The molecule has 0 N–H and O–H groups in total. The first-order valence-corrected chi connectivity index (χ1v) is 17.4. The van der Waals surface area contributed by atoms with Gasteiger partial charge in [-0.05, 0) is 25.3 Å². The summed E-state index contributed by atoms with van der Waals surface area (Å²) in [6.45, 7) is 15.5. The number of aliphatic carboxylic acids is 1. The summed E-state index contributed by atoms with van der Waals surface area (Å²) in [5.41, 5.74) is 1.00. The van der Waals surface area contributed by atoms with Crippen LogP contribution in [0.25, 0.3) is 0 Å². The summed E-state index contributed by atoms with van der Waals surface area (Å²) in [4.78, 5) is 20.6. The summed E-state index contributed by atoms with van der Waals surface area (Å²) in [5, 5.41) is 20.6. The Bertz CT molecular complexity index is 670. The van der Waals surface area contributed by atoms with Crippen molar-refractivity contribution in [2.24, 2.45) is 0 Å². The van der Waals surface area contributed by atoms with Crippen LogP contribution in [0.15, 0.2) is 24.3 Å². The molecular formula is C38H68O4Sn. The number of rotatable bonds is 23. The molecule has 0 aliphatic carbocycles. The monoisotopic (exact) mass is 708 g/mol. The maximum atomic E-state index is 10.3. The van der Waals surface area contributed by atoms with E-state index in [1.54, 1.807) is 25.1 Å². The second kappa shape index (κ2) is 43.1. The topological polar surface area (TPSA) is 80.3 Å². The van der Waals surface area contributed by atoms with Crippen LogP contribution in [0.2, 0.25) is 0 Å². The van der Waals surface area contributed by atoms with Gasteiger partial charge in [0.15, 0.2) is 0 Å². The number of aromatic carboxylic acids is 1. The average Bonchev–Trinajstić information content (AvgIpc) is 2.99. The first kappa shape index (κ1) is 48.9. The zero-order valence-electron chi connectivity index (χ0n) is 28.8. The molecule has 1 aromatic rings. The van der Waals surface area contributed by atoms with Crippen LogP contribution in [-0.4, -0.2) is 35.8 Å². The Kier molecular flexibility index (Phi) is 49.0. The zero-order valence-corrected chi connectivity index (χ0v) is 31.7. The number of aryl methyl sites for hydroxylation is 1. The van der Waals surface area contributed by atoms with Gasteiger partial charge in [-0.3, -0.25) is 0 Å². The maximum Gasteiger partial charge on any atom is 2.00 e. The quantitative estimate of drug-likeness (QED) is 0.0838. The molecule has 0 bridgehead atoms. The van der Waals surface area contributed by atoms with Crippen LogP contribution in [0.4, 0.5) is 0 Å². The van der Waals surface area contributed by atoms with E-state index in [1.165, 1.54) is 128 Å². The van der Waals surface area contributed by atoms with Crippen LogP contribution in [-0.2, 0) is 4.79 Å². The molecule has 4 nitrogen and oxygen atoms in total. The summed E-state index contributed by atoms with van der Waals surface area (Å²) in [6, 6.07) is 6.75. The van der Waals surface area contributed by atoms with E-state index in [1.807, 2.05) is 0 Å². The third kappa shape index (κ3) is 45.5. The molecule has 43 heavy (non-hydrogen) atoms. The minimum absolute atomic E-state index is 0. The van der Waals surface area contributed by atoms with Crippen molar-refractivity contribution in [2.45, 2.75) is 182 Å². The number of carboxylic acids is 2. The fourth-order valence-corrected chi connectivity index (χ4v) is 4.15. The van der Waals surface area contributed by atoms with E-state index in [0.717, 1.165) is 31.2 Å². The Hall–Kier alpha value is -1.04. The SMILES string of the molecule is CCCCCCCCCCCCCCCCCCCCCC(=O)[O-].Cc1ccccc1C(=O)[O-].[CH2]CCC.[CH2]CCC.[Sn+2]. The van der Waals surface area contributed by atoms with Crippen molar-refractivity contribution in [3.63, 3.8) is 0 Å². The Morgan fingerprint density at radius 1 is 0.558 bits per heavy atom. The van der Waals surface area contributed by atoms with Crippen LogP contribution >= 0.6 is 0 Å². The third-order valence-electron chi connectivity index (χ3n) is 7.06. The van der Waals surface area contributed by atoms with Crippen molar-refractivity contribution in [1.29, 1.82) is 0 Å². The first-order valence-electron chi connectivity index (χ1n) is 17.4. The number of carbonyl (C=O) groups is 2. The van der Waals surface area contributed by atoms with Crippen molar-refractivity contribution in [3.05, 3.63) is 49.2 Å². The predicted octanol–water partition coefficient (Wildman–Crippen LogP) is 9.78. The smallest absolute Gasteiger partial charge is 0.550 e. The third-order valence-corrected chi connectivity index (χ3v) is 7.06. The first-order chi connectivity index (χ1) is 20.3. The van der Waals surface area contributed by atoms with Crippen LogP contribution in [0, 0.1) is 20.8 Å². The Balaban J connectivity index is -0.000000325. The minimum Gasteiger partial charge on any atom is -0.550 e. The van der Waals surface area contributed by atoms with Crippen molar-refractivity contribution in [2.75, 3.05) is 0 Å². The van der Waals surface area contributed by atoms with Crippen molar-refractivity contribution >= 4 is 35.8 Å². The summed E-state index contributed by atoms with van der Waals surface area (Å²) in [5.74, 6) is -2.01. The van der Waals surface area contributed by atoms with Crippen LogP contribution in [0.1, 0.15) is 191 Å². The van der Waals surface area contributed by atoms with Gasteiger partial charge in [0.1, 0.15) is 0 Å². The van der Waals surface area contributed by atoms with Gasteiger partial charge in [0, 0.05) is 11.5 Å². The van der Waals surface area contributed by atoms with E-state index in [-0.39, 0.29) is 35.9 Å². The second-order valence-electron chi connectivity index (χ2n) is 11.3. The number of hydrogen-bond acceptors (Lipinski definition) is 4. The Morgan fingerprint density at radius 3 is 1.09 bits per heavy atom. The van der Waals surface area contributed by atoms with Gasteiger partial charge in [-0.15, -0.1) is 0 Å². The molecule has 0 aliphatic rings. The second-order valence-corrected chi connectivity index (χ2v) is 11.3. The van der Waals surface area contributed by atoms with Crippen LogP contribution < -0.4 is 10.2 Å². The number of hydrogen-bond donors (Lipinski definition) is 0. The van der Waals surface area contributed by atoms with E-state index in [4.69, 9.17) is 0 Å². The Labute approximate surface area is 285 Å². The minimum atomic E-state index is -1.11. The largest absolute Gasteiger partial charge is 2.00 e. The molecule has 0 atom stereocenters. The summed E-state index contributed by atoms with van der Waals surface area (Å²) in [7, 11) is 0. The zero-order chi connectivity index (χ0) is 32.1. The summed E-state index contributed by atoms with van der Waals surface area (Å²) in [6.07, 6.45) is 30.3. The number of carbonyl (C=O) groups excluding carboxylic acids is 2. The van der Waals surface area contributed by atoms with Crippen molar-refractivity contribution in [1.82, 2.24) is 0 Å². The van der Waals surface area contributed by atoms with Gasteiger partial charge in [-0.25, -0.2) is 0 Å². The van der Waals surface area contributed by atoms with Crippen LogP contribution in [0.5, 0.6) is 0 Å². The molecule has 0 unspecified atom stereocenters. The molecule has 0 fully saturated rings. The molecule has 0 spiro atoms. The average molecular weight is 708 g/mol. The molecular weight excluding hydrogens is 639 g/mol. The number of carboxylic acid groups (broad SMARTS) is 2. The molecule has 248 valence electrons. The number of benzene rings is 1. The normalized spacial score (nSPS) is 9.72. The molecule has 0 aromatic heterocycles. The molecule has 0 saturated carbocycles. The molecule has 0 amide bonds. The predicted molar refractivity (Wildman–Crippen MR) is 185 cm³/mol. The Morgan fingerprint density at radius 2 is 0.860 bits per heavy atom. The van der Waals surface area contributed by atoms with E-state index >= 15 is 0 Å². The van der Waals surface area contributed by atoms with E-state index in [9.17, 15) is 19.8 Å². The van der Waals surface area contributed by atoms with Crippen molar-refractivity contribution < 1.29 is 19.8 Å². The fourth-order valence-electron chi connectivity index (χ4n) is 4.15. The van der Waals surface area contributed by atoms with Gasteiger partial charge in [0.2, 0.25) is 0 Å². The molecule has 0 saturated heterocycles. The van der Waals surface area contributed by atoms with Gasteiger partial charge in [-0.1, -0.05) is 200 Å². The fraction of sp³-hybridized carbons (Fsp3) is 0.737. The summed E-state index contributed by atoms with van der Waals surface area (Å²) >= 11 is 0. The molecule has 1 aromatic carbocycles. The molecule has 4 radical (unpaired) electrons. The standard InChI is InChI=1S/C22H44O2.C8H8O2.2C4H9.Sn/c1-2-3-4-5-6-7-8-9-10-11-12-13-14-15-16-17-18-19-20-21-22(23)24;1-6-4-2-3-5-7(6)8(9)10;2*1-3-4-2;/h2-21H2,1H3,(H,23,24);2-5H,1H3,(H,9,10);2*1,3-4H2,2H3;/q;;;;+2/p-2. The van der Waals surface area contributed by atoms with Gasteiger partial charge in [-0.2, -0.15) is 0 Å². The number of unbranched alkanes of at least 4 members (excludes halogenated alkanes) is 20. The van der Waals surface area contributed by atoms with Crippen LogP contribution in [0.3, 0.4) is 0 Å². The van der Waals surface area contributed by atoms with E-state index in [2.05, 4.69) is 34.6 Å². The molecule has 5 heteroatoms. The molecule has 1 rings (SSSR count). The molecule has 0 aliphatic heterocycles. The van der Waals surface area contributed by atoms with Gasteiger partial charge < -0.3 is 19.8 Å². The van der Waals surface area contributed by atoms with Crippen molar-refractivity contribution in [3.8, 4) is 0 Å². The van der Waals surface area contributed by atoms with Gasteiger partial charge in [0.25, 0.3) is 0 Å². The molecule has 0 heterocycles. The maximum absolute atomic E-state index is 10.3. The van der Waals surface area contributed by atoms with Gasteiger partial charge in [0.05, 0.1) is 5.97 Å². The van der Waals surface area contributed by atoms with E-state index in [0.29, 0.717) is 0 Å². The van der Waals surface area contributed by atoms with E-state index < -0.39 is 11.9 Å². The van der Waals surface area contributed by atoms with Gasteiger partial charge >= 0.3 is 23.9 Å².